The van der Waals surface area contributed by atoms with Crippen LogP contribution >= 0.6 is 0 Å². The number of aryl methyl sites for hydroxylation is 1. The molecule has 0 fully saturated rings. The van der Waals surface area contributed by atoms with Crippen LogP contribution in [0.4, 0.5) is 17.5 Å². The zero-order chi connectivity index (χ0) is 22.2. The smallest absolute Gasteiger partial charge is 0.258 e. The number of nitrogens with zero attached hydrogens (tertiary/aromatic N) is 3. The molecule has 162 valence electrons. The summed E-state index contributed by atoms with van der Waals surface area (Å²) in [5.41, 5.74) is 8.61. The summed E-state index contributed by atoms with van der Waals surface area (Å²) in [5, 5.41) is 6.37. The minimum atomic E-state index is -0.668. The van der Waals surface area contributed by atoms with Gasteiger partial charge in [-0.05, 0) is 44.3 Å². The fourth-order valence-corrected chi connectivity index (χ4v) is 2.91. The van der Waals surface area contributed by atoms with Gasteiger partial charge in [0.15, 0.2) is 5.82 Å². The predicted molar refractivity (Wildman–Crippen MR) is 123 cm³/mol. The van der Waals surface area contributed by atoms with Gasteiger partial charge in [-0.3, -0.25) is 4.79 Å². The molecule has 0 aliphatic carbocycles. The van der Waals surface area contributed by atoms with E-state index in [0.29, 0.717) is 18.3 Å². The minimum Gasteiger partial charge on any atom is -0.472 e. The molecule has 1 aromatic heterocycles. The van der Waals surface area contributed by atoms with E-state index in [1.165, 1.54) is 0 Å². The second-order valence-corrected chi connectivity index (χ2v) is 7.44. The molecule has 0 unspecified atom stereocenters. The van der Waals surface area contributed by atoms with Gasteiger partial charge in [0, 0.05) is 18.8 Å². The van der Waals surface area contributed by atoms with Gasteiger partial charge in [0.1, 0.15) is 12.2 Å². The van der Waals surface area contributed by atoms with Gasteiger partial charge >= 0.3 is 0 Å². The summed E-state index contributed by atoms with van der Waals surface area (Å²) >= 11 is 0. The molecule has 8 nitrogen and oxygen atoms in total. The van der Waals surface area contributed by atoms with E-state index >= 15 is 0 Å². The maximum absolute atomic E-state index is 12.3. The number of benzene rings is 2. The summed E-state index contributed by atoms with van der Waals surface area (Å²) in [6.45, 7) is 3.66. The number of anilines is 3. The van der Waals surface area contributed by atoms with E-state index in [9.17, 15) is 4.79 Å². The average molecular weight is 421 g/mol. The molecule has 31 heavy (non-hydrogen) atoms. The molecule has 3 aromatic rings. The maximum atomic E-state index is 12.3. The fourth-order valence-electron chi connectivity index (χ4n) is 2.91. The Morgan fingerprint density at radius 1 is 1.10 bits per heavy atom. The van der Waals surface area contributed by atoms with Crippen LogP contribution in [0.5, 0.6) is 5.88 Å². The number of nitrogens with two attached hydrogens (primary N) is 1. The van der Waals surface area contributed by atoms with Crippen molar-refractivity contribution in [2.75, 3.05) is 37.8 Å². The number of hydrogen-bond donors (Lipinski definition) is 3. The molecule has 0 saturated heterocycles. The number of rotatable bonds is 10. The molecule has 0 atom stereocenters. The van der Waals surface area contributed by atoms with Gasteiger partial charge in [0.25, 0.3) is 5.91 Å². The average Bonchev–Trinajstić information content (AvgIpc) is 2.72. The summed E-state index contributed by atoms with van der Waals surface area (Å²) in [6, 6.07) is 17.4. The normalized spacial score (nSPS) is 10.7. The van der Waals surface area contributed by atoms with Crippen LogP contribution in [0, 0.1) is 6.92 Å². The Morgan fingerprint density at radius 3 is 2.55 bits per heavy atom. The van der Waals surface area contributed by atoms with Gasteiger partial charge in [0.05, 0.1) is 0 Å². The number of primary amides is 1. The number of ether oxygens (including phenoxy) is 1. The molecule has 3 rings (SSSR count). The van der Waals surface area contributed by atoms with Crippen LogP contribution in [0.15, 0.2) is 54.6 Å². The van der Waals surface area contributed by atoms with Gasteiger partial charge in [-0.1, -0.05) is 42.5 Å². The van der Waals surface area contributed by atoms with Crippen molar-refractivity contribution in [1.82, 2.24) is 14.9 Å². The largest absolute Gasteiger partial charge is 0.472 e. The monoisotopic (exact) mass is 420 g/mol. The molecule has 4 N–H and O–H groups in total. The summed E-state index contributed by atoms with van der Waals surface area (Å²) in [5.74, 6) is 0.112. The molecule has 2 aromatic carbocycles. The lowest BCUT2D eigenvalue weighted by atomic mass is 10.2. The van der Waals surface area contributed by atoms with Crippen molar-refractivity contribution in [2.24, 2.45) is 5.73 Å². The molecule has 0 saturated carbocycles. The Hall–Kier alpha value is -3.65. The summed E-state index contributed by atoms with van der Waals surface area (Å²) in [4.78, 5) is 23.3. The fraction of sp³-hybridized carbons (Fsp3) is 0.261. The van der Waals surface area contributed by atoms with Crippen LogP contribution in [-0.2, 0) is 6.61 Å². The van der Waals surface area contributed by atoms with E-state index in [-0.39, 0.29) is 18.1 Å². The van der Waals surface area contributed by atoms with E-state index in [1.807, 2.05) is 80.5 Å². The van der Waals surface area contributed by atoms with Crippen LogP contribution in [-0.4, -0.2) is 48.0 Å². The van der Waals surface area contributed by atoms with Crippen LogP contribution < -0.4 is 21.1 Å². The second kappa shape index (κ2) is 10.4. The quantitative estimate of drug-likeness (QED) is 0.463. The standard InChI is InChI=1S/C23H28N6O2/c1-16-8-7-11-18(14-16)26-21-19(20(24)30)22(31-15-17-9-5-4-6-10-17)28-23(27-21)25-12-13-29(2)3/h4-11,14H,12-13,15H2,1-3H3,(H2,24,30)(H2,25,26,27,28). The molecular weight excluding hydrogens is 392 g/mol. The minimum absolute atomic E-state index is 0.107. The Labute approximate surface area is 182 Å². The van der Waals surface area contributed by atoms with E-state index in [4.69, 9.17) is 10.5 Å². The van der Waals surface area contributed by atoms with E-state index in [1.54, 1.807) is 0 Å². The van der Waals surface area contributed by atoms with Gasteiger partial charge in [0.2, 0.25) is 11.8 Å². The van der Waals surface area contributed by atoms with Crippen LogP contribution in [0.2, 0.25) is 0 Å². The van der Waals surface area contributed by atoms with Crippen LogP contribution in [0.3, 0.4) is 0 Å². The molecule has 0 aliphatic rings. The van der Waals surface area contributed by atoms with Crippen molar-refractivity contribution in [1.29, 1.82) is 0 Å². The maximum Gasteiger partial charge on any atom is 0.258 e. The third-order valence-electron chi connectivity index (χ3n) is 4.46. The van der Waals surface area contributed by atoms with E-state index < -0.39 is 5.91 Å². The van der Waals surface area contributed by atoms with E-state index in [0.717, 1.165) is 23.4 Å². The van der Waals surface area contributed by atoms with Crippen molar-refractivity contribution in [3.05, 3.63) is 71.3 Å². The Kier molecular flexibility index (Phi) is 7.40. The van der Waals surface area contributed by atoms with Crippen molar-refractivity contribution in [3.63, 3.8) is 0 Å². The number of amides is 1. The number of hydrogen-bond acceptors (Lipinski definition) is 7. The first-order valence-electron chi connectivity index (χ1n) is 10.0. The lowest BCUT2D eigenvalue weighted by Gasteiger charge is -2.17. The van der Waals surface area contributed by atoms with Crippen molar-refractivity contribution >= 4 is 23.4 Å². The molecule has 8 heteroatoms. The van der Waals surface area contributed by atoms with Crippen LogP contribution in [0.25, 0.3) is 0 Å². The Morgan fingerprint density at radius 2 is 1.87 bits per heavy atom. The summed E-state index contributed by atoms with van der Waals surface area (Å²) in [7, 11) is 3.97. The van der Waals surface area contributed by atoms with Crippen molar-refractivity contribution < 1.29 is 9.53 Å². The molecule has 0 aliphatic heterocycles. The molecule has 1 heterocycles. The second-order valence-electron chi connectivity index (χ2n) is 7.44. The van der Waals surface area contributed by atoms with Gasteiger partial charge in [-0.2, -0.15) is 9.97 Å². The van der Waals surface area contributed by atoms with Gasteiger partial charge in [-0.25, -0.2) is 0 Å². The number of carbonyl (C=O) groups excluding carboxylic acids is 1. The number of likely N-dealkylation sites (N-methyl/N-ethyl adjacent to an activating group) is 1. The first-order chi connectivity index (χ1) is 14.9. The highest BCUT2D eigenvalue weighted by Crippen LogP contribution is 2.28. The first kappa shape index (κ1) is 22.0. The van der Waals surface area contributed by atoms with Crippen molar-refractivity contribution in [3.8, 4) is 5.88 Å². The molecule has 0 spiro atoms. The third-order valence-corrected chi connectivity index (χ3v) is 4.46. The molecule has 0 radical (unpaired) electrons. The lowest BCUT2D eigenvalue weighted by molar-refractivity contribution is 0.0995. The topological polar surface area (TPSA) is 105 Å². The number of nitrogens with one attached hydrogen (secondary N) is 2. The predicted octanol–water partition coefficient (Wildman–Crippen LogP) is 3.18. The SMILES string of the molecule is Cc1cccc(Nc2nc(NCCN(C)C)nc(OCc3ccccc3)c2C(N)=O)c1. The Balaban J connectivity index is 1.95. The summed E-state index contributed by atoms with van der Waals surface area (Å²) in [6.07, 6.45) is 0. The third kappa shape index (κ3) is 6.42. The lowest BCUT2D eigenvalue weighted by Crippen LogP contribution is -2.23. The van der Waals surface area contributed by atoms with E-state index in [2.05, 4.69) is 20.6 Å². The molecule has 1 amide bonds. The molecule has 0 bridgehead atoms. The van der Waals surface area contributed by atoms with Crippen LogP contribution in [0.1, 0.15) is 21.5 Å². The zero-order valence-electron chi connectivity index (χ0n) is 18.1. The summed E-state index contributed by atoms with van der Waals surface area (Å²) < 4.78 is 5.91. The molecular formula is C23H28N6O2. The van der Waals surface area contributed by atoms with Crippen molar-refractivity contribution in [2.45, 2.75) is 13.5 Å². The number of carbonyl (C=O) groups is 1. The Bertz CT molecular complexity index is 1020. The highest BCUT2D eigenvalue weighted by Gasteiger charge is 2.21. The zero-order valence-corrected chi connectivity index (χ0v) is 18.1. The van der Waals surface area contributed by atoms with Gasteiger partial charge in [-0.15, -0.1) is 0 Å². The highest BCUT2D eigenvalue weighted by molar-refractivity contribution is 6.00. The number of aromatic nitrogens is 2. The van der Waals surface area contributed by atoms with Gasteiger partial charge < -0.3 is 26.0 Å². The first-order valence-corrected chi connectivity index (χ1v) is 10.0. The highest BCUT2D eigenvalue weighted by atomic mass is 16.5.